The average Bonchev–Trinajstić information content (AvgIpc) is 2.77. The number of anilines is 2. The Morgan fingerprint density at radius 1 is 1.05 bits per heavy atom. The Balaban J connectivity index is 1.82. The van der Waals surface area contributed by atoms with Crippen LogP contribution in [0.25, 0.3) is 0 Å². The first-order chi connectivity index (χ1) is 10.6. The van der Waals surface area contributed by atoms with Crippen molar-refractivity contribution in [1.82, 2.24) is 0 Å². The van der Waals surface area contributed by atoms with Gasteiger partial charge < -0.3 is 5.32 Å². The quantitative estimate of drug-likeness (QED) is 0.932. The van der Waals surface area contributed by atoms with Gasteiger partial charge in [-0.2, -0.15) is 0 Å². The molecule has 1 N–H and O–H groups in total. The molecule has 1 aliphatic rings. The van der Waals surface area contributed by atoms with Crippen LogP contribution in [0.4, 0.5) is 16.2 Å². The van der Waals surface area contributed by atoms with Crippen LogP contribution in [0.1, 0.15) is 11.1 Å². The van der Waals surface area contributed by atoms with E-state index in [9.17, 15) is 9.59 Å². The van der Waals surface area contributed by atoms with Crippen molar-refractivity contribution in [3.05, 3.63) is 59.7 Å². The maximum Gasteiger partial charge on any atom is 0.295 e. The molecule has 2 aromatic rings. The van der Waals surface area contributed by atoms with Gasteiger partial charge in [-0.05, 0) is 49.4 Å². The van der Waals surface area contributed by atoms with Gasteiger partial charge in [-0.3, -0.25) is 9.59 Å². The van der Waals surface area contributed by atoms with Crippen LogP contribution in [0.5, 0.6) is 0 Å². The number of para-hydroxylation sites is 1. The number of hydrogen-bond donors (Lipinski definition) is 1. The van der Waals surface area contributed by atoms with E-state index in [1.165, 1.54) is 4.90 Å². The highest BCUT2D eigenvalue weighted by molar-refractivity contribution is 8.16. The molecule has 0 aliphatic carbocycles. The van der Waals surface area contributed by atoms with Gasteiger partial charge >= 0.3 is 0 Å². The zero-order valence-corrected chi connectivity index (χ0v) is 13.2. The van der Waals surface area contributed by atoms with E-state index in [-0.39, 0.29) is 11.1 Å². The molecule has 1 aliphatic heterocycles. The van der Waals surface area contributed by atoms with E-state index in [4.69, 9.17) is 0 Å². The molecular weight excluding hydrogens is 296 g/mol. The summed E-state index contributed by atoms with van der Waals surface area (Å²) < 4.78 is 0. The zero-order chi connectivity index (χ0) is 15.7. The summed E-state index contributed by atoms with van der Waals surface area (Å²) in [4.78, 5) is 25.9. The molecule has 3 rings (SSSR count). The highest BCUT2D eigenvalue weighted by Gasteiger charge is 2.40. The Morgan fingerprint density at radius 2 is 1.77 bits per heavy atom. The lowest BCUT2D eigenvalue weighted by Gasteiger charge is -2.16. The minimum atomic E-state index is -0.589. The molecule has 2 amide bonds. The Hall–Kier alpha value is -2.27. The third-order valence-corrected chi connectivity index (χ3v) is 4.47. The van der Waals surface area contributed by atoms with E-state index in [0.717, 1.165) is 28.6 Å². The molecule has 1 heterocycles. The molecule has 2 aromatic carbocycles. The molecule has 1 atom stereocenters. The number of nitrogens with one attached hydrogen (secondary N) is 1. The first kappa shape index (κ1) is 14.7. The van der Waals surface area contributed by atoms with Crippen LogP contribution in [0.2, 0.25) is 0 Å². The number of hydrogen-bond acceptors (Lipinski definition) is 4. The van der Waals surface area contributed by atoms with E-state index in [2.05, 4.69) is 5.32 Å². The van der Waals surface area contributed by atoms with Crippen LogP contribution in [-0.4, -0.2) is 16.5 Å². The Labute approximate surface area is 133 Å². The molecule has 0 spiro atoms. The maximum atomic E-state index is 12.5. The third-order valence-electron chi connectivity index (χ3n) is 3.53. The number of carbonyl (C=O) groups is 2. The summed E-state index contributed by atoms with van der Waals surface area (Å²) in [6, 6.07) is 15.0. The number of thioether (sulfide) groups is 1. The summed E-state index contributed by atoms with van der Waals surface area (Å²) in [5.74, 6) is -0.235. The van der Waals surface area contributed by atoms with Crippen molar-refractivity contribution in [3.8, 4) is 0 Å². The number of amides is 2. The fourth-order valence-electron chi connectivity index (χ4n) is 2.43. The summed E-state index contributed by atoms with van der Waals surface area (Å²) in [6.07, 6.45) is 0. The number of imide groups is 1. The highest BCUT2D eigenvalue weighted by Crippen LogP contribution is 2.32. The molecule has 5 heteroatoms. The van der Waals surface area contributed by atoms with E-state index in [0.29, 0.717) is 5.69 Å². The second kappa shape index (κ2) is 5.85. The molecule has 0 unspecified atom stereocenters. The molecule has 0 saturated carbocycles. The molecule has 112 valence electrons. The second-order valence-electron chi connectivity index (χ2n) is 5.24. The predicted octanol–water partition coefficient (Wildman–Crippen LogP) is 3.94. The van der Waals surface area contributed by atoms with Crippen LogP contribution in [-0.2, 0) is 4.79 Å². The lowest BCUT2D eigenvalue weighted by Crippen LogP contribution is -2.34. The van der Waals surface area contributed by atoms with E-state index >= 15 is 0 Å². The molecule has 0 radical (unpaired) electrons. The SMILES string of the molecule is Cc1ccc(N[C@@H]2SC(=O)N(c3ccccc3)C2=O)c(C)c1. The summed E-state index contributed by atoms with van der Waals surface area (Å²) in [7, 11) is 0. The van der Waals surface area contributed by atoms with Crippen molar-refractivity contribution in [3.63, 3.8) is 0 Å². The fourth-order valence-corrected chi connectivity index (χ4v) is 3.32. The molecule has 0 bridgehead atoms. The van der Waals surface area contributed by atoms with Gasteiger partial charge in [0, 0.05) is 5.69 Å². The minimum Gasteiger partial charge on any atom is -0.365 e. The maximum absolute atomic E-state index is 12.5. The molecule has 1 saturated heterocycles. The highest BCUT2D eigenvalue weighted by atomic mass is 32.2. The molecule has 1 fully saturated rings. The van der Waals surface area contributed by atoms with Gasteiger partial charge in [-0.25, -0.2) is 4.90 Å². The summed E-state index contributed by atoms with van der Waals surface area (Å²) in [5.41, 5.74) is 3.70. The van der Waals surface area contributed by atoms with Crippen molar-refractivity contribution >= 4 is 34.3 Å². The van der Waals surface area contributed by atoms with E-state index in [1.807, 2.05) is 50.2 Å². The number of nitrogens with zero attached hydrogens (tertiary/aromatic N) is 1. The second-order valence-corrected chi connectivity index (χ2v) is 6.29. The van der Waals surface area contributed by atoms with Crippen LogP contribution in [0, 0.1) is 13.8 Å². The van der Waals surface area contributed by atoms with Crippen molar-refractivity contribution < 1.29 is 9.59 Å². The number of aryl methyl sites for hydroxylation is 2. The lowest BCUT2D eigenvalue weighted by molar-refractivity contribution is -0.116. The van der Waals surface area contributed by atoms with Gasteiger partial charge in [0.15, 0.2) is 5.37 Å². The largest absolute Gasteiger partial charge is 0.365 e. The van der Waals surface area contributed by atoms with Gasteiger partial charge in [0.1, 0.15) is 0 Å². The topological polar surface area (TPSA) is 49.4 Å². The van der Waals surface area contributed by atoms with Crippen LogP contribution in [0.3, 0.4) is 0 Å². The summed E-state index contributed by atoms with van der Waals surface area (Å²) in [5, 5.41) is 2.33. The van der Waals surface area contributed by atoms with Gasteiger partial charge in [0.05, 0.1) is 5.69 Å². The van der Waals surface area contributed by atoms with Crippen LogP contribution < -0.4 is 10.2 Å². The van der Waals surface area contributed by atoms with E-state index < -0.39 is 5.37 Å². The summed E-state index contributed by atoms with van der Waals surface area (Å²) >= 11 is 1.01. The zero-order valence-electron chi connectivity index (χ0n) is 12.4. The summed E-state index contributed by atoms with van der Waals surface area (Å²) in [6.45, 7) is 4.00. The van der Waals surface area contributed by atoms with Crippen LogP contribution in [0.15, 0.2) is 48.5 Å². The Morgan fingerprint density at radius 3 is 2.45 bits per heavy atom. The van der Waals surface area contributed by atoms with Gasteiger partial charge in [-0.1, -0.05) is 35.9 Å². The smallest absolute Gasteiger partial charge is 0.295 e. The minimum absolute atomic E-state index is 0.235. The number of carbonyl (C=O) groups excluding carboxylic acids is 2. The monoisotopic (exact) mass is 312 g/mol. The lowest BCUT2D eigenvalue weighted by atomic mass is 10.1. The fraction of sp³-hybridized carbons (Fsp3) is 0.176. The van der Waals surface area contributed by atoms with Crippen molar-refractivity contribution in [1.29, 1.82) is 0 Å². The molecular formula is C17H16N2O2S. The number of benzene rings is 2. The predicted molar refractivity (Wildman–Crippen MR) is 90.2 cm³/mol. The van der Waals surface area contributed by atoms with Gasteiger partial charge in [-0.15, -0.1) is 0 Å². The Kier molecular flexibility index (Phi) is 3.90. The molecule has 0 aromatic heterocycles. The van der Waals surface area contributed by atoms with Crippen molar-refractivity contribution in [2.75, 3.05) is 10.2 Å². The third kappa shape index (κ3) is 2.72. The van der Waals surface area contributed by atoms with Crippen LogP contribution >= 0.6 is 11.8 Å². The number of rotatable bonds is 3. The average molecular weight is 312 g/mol. The molecule has 22 heavy (non-hydrogen) atoms. The Bertz CT molecular complexity index is 731. The molecule has 4 nitrogen and oxygen atoms in total. The first-order valence-electron chi connectivity index (χ1n) is 6.99. The van der Waals surface area contributed by atoms with Crippen molar-refractivity contribution in [2.24, 2.45) is 0 Å². The van der Waals surface area contributed by atoms with E-state index in [1.54, 1.807) is 12.1 Å². The van der Waals surface area contributed by atoms with Gasteiger partial charge in [0.2, 0.25) is 0 Å². The van der Waals surface area contributed by atoms with Gasteiger partial charge in [0.25, 0.3) is 11.1 Å². The standard InChI is InChI=1S/C17H16N2O2S/c1-11-8-9-14(12(2)10-11)18-15-16(20)19(17(21)22-15)13-6-4-3-5-7-13/h3-10,15,18H,1-2H3/t15-/m1/s1. The normalized spacial score (nSPS) is 17.9. The first-order valence-corrected chi connectivity index (χ1v) is 7.87. The van der Waals surface area contributed by atoms with Crippen molar-refractivity contribution in [2.45, 2.75) is 19.2 Å².